The van der Waals surface area contributed by atoms with Crippen molar-refractivity contribution < 1.29 is 14.2 Å². The van der Waals surface area contributed by atoms with Crippen molar-refractivity contribution in [3.8, 4) is 0 Å². The molecule has 0 aliphatic heterocycles. The minimum Gasteiger partial charge on any atom is -0.468 e. The van der Waals surface area contributed by atoms with E-state index in [-0.39, 0.29) is 6.10 Å². The first kappa shape index (κ1) is 12.5. The molecule has 0 fully saturated rings. The summed E-state index contributed by atoms with van der Waals surface area (Å²) in [4.78, 5) is 0. The van der Waals surface area contributed by atoms with Gasteiger partial charge in [-0.15, -0.1) is 0 Å². The van der Waals surface area contributed by atoms with Crippen molar-refractivity contribution in [2.45, 2.75) is 39.6 Å². The lowest BCUT2D eigenvalue weighted by molar-refractivity contribution is -0.226. The Morgan fingerprint density at radius 3 is 2.46 bits per heavy atom. The molecule has 0 rings (SSSR count). The zero-order valence-electron chi connectivity index (χ0n) is 9.00. The fourth-order valence-electron chi connectivity index (χ4n) is 0.909. The Labute approximate surface area is 80.7 Å². The summed E-state index contributed by atoms with van der Waals surface area (Å²) < 4.78 is 16.1. The van der Waals surface area contributed by atoms with Crippen LogP contribution in [0.15, 0.2) is 12.8 Å². The van der Waals surface area contributed by atoms with Crippen LogP contribution in [0.25, 0.3) is 0 Å². The van der Waals surface area contributed by atoms with Crippen molar-refractivity contribution in [2.75, 3.05) is 13.2 Å². The van der Waals surface area contributed by atoms with Crippen LogP contribution in [-0.4, -0.2) is 25.1 Å². The van der Waals surface area contributed by atoms with Crippen LogP contribution < -0.4 is 0 Å². The molecule has 0 radical (unpaired) electrons. The third-order valence-electron chi connectivity index (χ3n) is 1.46. The summed E-state index contributed by atoms with van der Waals surface area (Å²) in [6.45, 7) is 12.2. The van der Waals surface area contributed by atoms with Gasteiger partial charge in [-0.2, -0.15) is 0 Å². The highest BCUT2D eigenvalue weighted by atomic mass is 16.7. The zero-order valence-corrected chi connectivity index (χ0v) is 9.00. The van der Waals surface area contributed by atoms with Crippen LogP contribution in [0, 0.1) is 0 Å². The number of hydrogen-bond acceptors (Lipinski definition) is 3. The molecule has 0 bridgehead atoms. The average molecular weight is 188 g/mol. The molecule has 13 heavy (non-hydrogen) atoms. The molecule has 0 saturated carbocycles. The fourth-order valence-corrected chi connectivity index (χ4v) is 0.909. The van der Waals surface area contributed by atoms with Gasteiger partial charge in [0.05, 0.1) is 12.4 Å². The highest BCUT2D eigenvalue weighted by Gasteiger charge is 2.25. The minimum absolute atomic E-state index is 0.174. The lowest BCUT2D eigenvalue weighted by Crippen LogP contribution is -2.37. The summed E-state index contributed by atoms with van der Waals surface area (Å²) in [5.41, 5.74) is 0. The van der Waals surface area contributed by atoms with E-state index in [1.165, 1.54) is 6.26 Å². The SMILES string of the molecule is C=COC(C)(COC(C)C)OCC. The van der Waals surface area contributed by atoms with Crippen LogP contribution >= 0.6 is 0 Å². The predicted molar refractivity (Wildman–Crippen MR) is 52.4 cm³/mol. The minimum atomic E-state index is -0.708. The normalized spacial score (nSPS) is 15.5. The van der Waals surface area contributed by atoms with Crippen molar-refractivity contribution in [3.63, 3.8) is 0 Å². The van der Waals surface area contributed by atoms with E-state index in [2.05, 4.69) is 6.58 Å². The van der Waals surface area contributed by atoms with E-state index < -0.39 is 5.79 Å². The molecule has 0 spiro atoms. The van der Waals surface area contributed by atoms with Gasteiger partial charge in [0.1, 0.15) is 6.61 Å². The summed E-state index contributed by atoms with van der Waals surface area (Å²) in [6, 6.07) is 0. The van der Waals surface area contributed by atoms with Crippen LogP contribution in [0.2, 0.25) is 0 Å². The van der Waals surface area contributed by atoms with Gasteiger partial charge in [0.2, 0.25) is 5.79 Å². The van der Waals surface area contributed by atoms with Gasteiger partial charge in [-0.1, -0.05) is 6.58 Å². The quantitative estimate of drug-likeness (QED) is 0.453. The number of hydrogen-bond donors (Lipinski definition) is 0. The standard InChI is InChI=1S/C10H20O3/c1-6-12-10(5,13-7-2)8-11-9(3)4/h6,9H,1,7-8H2,2-5H3. The second kappa shape index (κ2) is 6.00. The van der Waals surface area contributed by atoms with Crippen molar-refractivity contribution >= 4 is 0 Å². The van der Waals surface area contributed by atoms with E-state index in [1.54, 1.807) is 0 Å². The van der Waals surface area contributed by atoms with Crippen molar-refractivity contribution in [1.82, 2.24) is 0 Å². The summed E-state index contributed by atoms with van der Waals surface area (Å²) in [5.74, 6) is -0.708. The Balaban J connectivity index is 3.98. The molecule has 0 saturated heterocycles. The summed E-state index contributed by atoms with van der Waals surface area (Å²) in [7, 11) is 0. The monoisotopic (exact) mass is 188 g/mol. The van der Waals surface area contributed by atoms with Crippen LogP contribution in [0.1, 0.15) is 27.7 Å². The first-order chi connectivity index (χ1) is 6.04. The Morgan fingerprint density at radius 1 is 1.46 bits per heavy atom. The molecule has 78 valence electrons. The zero-order chi connectivity index (χ0) is 10.3. The third kappa shape index (κ3) is 5.66. The van der Waals surface area contributed by atoms with Gasteiger partial charge in [0, 0.05) is 13.5 Å². The summed E-state index contributed by atoms with van der Waals surface area (Å²) in [5, 5.41) is 0. The van der Waals surface area contributed by atoms with Crippen LogP contribution in [0.5, 0.6) is 0 Å². The molecule has 3 heteroatoms. The molecule has 0 aliphatic carbocycles. The molecular formula is C10H20O3. The molecule has 1 atom stereocenters. The molecule has 0 amide bonds. The predicted octanol–water partition coefficient (Wildman–Crippen LogP) is 2.32. The van der Waals surface area contributed by atoms with Gasteiger partial charge in [-0.3, -0.25) is 0 Å². The topological polar surface area (TPSA) is 27.7 Å². The Morgan fingerprint density at radius 2 is 2.08 bits per heavy atom. The molecule has 0 aromatic carbocycles. The van der Waals surface area contributed by atoms with E-state index in [1.807, 2.05) is 27.7 Å². The van der Waals surface area contributed by atoms with Crippen molar-refractivity contribution in [2.24, 2.45) is 0 Å². The van der Waals surface area contributed by atoms with E-state index in [9.17, 15) is 0 Å². The smallest absolute Gasteiger partial charge is 0.230 e. The Bertz CT molecular complexity index is 145. The van der Waals surface area contributed by atoms with E-state index in [0.29, 0.717) is 13.2 Å². The Kier molecular flexibility index (Phi) is 5.75. The first-order valence-electron chi connectivity index (χ1n) is 4.58. The average Bonchev–Trinajstić information content (AvgIpc) is 2.02. The number of ether oxygens (including phenoxy) is 3. The largest absolute Gasteiger partial charge is 0.468 e. The lowest BCUT2D eigenvalue weighted by atomic mass is 10.3. The van der Waals surface area contributed by atoms with Gasteiger partial charge in [-0.05, 0) is 20.8 Å². The molecule has 3 nitrogen and oxygen atoms in total. The fraction of sp³-hybridized carbons (Fsp3) is 0.800. The van der Waals surface area contributed by atoms with Gasteiger partial charge in [0.25, 0.3) is 0 Å². The van der Waals surface area contributed by atoms with Gasteiger partial charge >= 0.3 is 0 Å². The molecule has 1 unspecified atom stereocenters. The van der Waals surface area contributed by atoms with Gasteiger partial charge in [0.15, 0.2) is 0 Å². The second-order valence-corrected chi connectivity index (χ2v) is 3.21. The molecule has 0 heterocycles. The third-order valence-corrected chi connectivity index (χ3v) is 1.46. The van der Waals surface area contributed by atoms with Crippen LogP contribution in [0.4, 0.5) is 0 Å². The Hall–Kier alpha value is -0.540. The molecule has 0 aliphatic rings. The van der Waals surface area contributed by atoms with Crippen LogP contribution in [-0.2, 0) is 14.2 Å². The van der Waals surface area contributed by atoms with Crippen molar-refractivity contribution in [1.29, 1.82) is 0 Å². The highest BCUT2D eigenvalue weighted by molar-refractivity contribution is 4.67. The van der Waals surface area contributed by atoms with Crippen molar-refractivity contribution in [3.05, 3.63) is 12.8 Å². The van der Waals surface area contributed by atoms with E-state index in [0.717, 1.165) is 0 Å². The maximum absolute atomic E-state index is 5.41. The maximum Gasteiger partial charge on any atom is 0.230 e. The molecular weight excluding hydrogens is 168 g/mol. The van der Waals surface area contributed by atoms with Crippen LogP contribution in [0.3, 0.4) is 0 Å². The second-order valence-electron chi connectivity index (χ2n) is 3.21. The highest BCUT2D eigenvalue weighted by Crippen LogP contribution is 2.14. The first-order valence-corrected chi connectivity index (χ1v) is 4.58. The van der Waals surface area contributed by atoms with E-state index >= 15 is 0 Å². The summed E-state index contributed by atoms with van der Waals surface area (Å²) in [6.07, 6.45) is 1.55. The molecule has 0 aromatic rings. The van der Waals surface area contributed by atoms with Gasteiger partial charge in [-0.25, -0.2) is 0 Å². The maximum atomic E-state index is 5.41. The molecule has 0 N–H and O–H groups in total. The summed E-state index contributed by atoms with van der Waals surface area (Å²) >= 11 is 0. The lowest BCUT2D eigenvalue weighted by Gasteiger charge is -2.28. The van der Waals surface area contributed by atoms with E-state index in [4.69, 9.17) is 14.2 Å². The van der Waals surface area contributed by atoms with Gasteiger partial charge < -0.3 is 14.2 Å². The molecule has 0 aromatic heterocycles. The number of rotatable bonds is 7.